The quantitative estimate of drug-likeness (QED) is 0.545. The number of benzene rings is 2. The van der Waals surface area contributed by atoms with Crippen LogP contribution < -0.4 is 0 Å². The number of hydrogen-bond acceptors (Lipinski definition) is 3. The van der Waals surface area contributed by atoms with E-state index in [4.69, 9.17) is 0 Å². The van der Waals surface area contributed by atoms with Crippen LogP contribution in [-0.4, -0.2) is 17.1 Å². The van der Waals surface area contributed by atoms with Crippen LogP contribution in [0.3, 0.4) is 0 Å². The molecule has 0 bridgehead atoms. The first-order valence-electron chi connectivity index (χ1n) is 6.34. The van der Waals surface area contributed by atoms with Crippen molar-refractivity contribution in [2.24, 2.45) is 0 Å². The molecule has 0 saturated carbocycles. The van der Waals surface area contributed by atoms with Crippen molar-refractivity contribution in [1.82, 2.24) is 4.98 Å². The third-order valence-corrected chi connectivity index (χ3v) is 3.22. The topological polar surface area (TPSA) is 47.0 Å². The number of halogens is 1. The normalized spacial score (nSPS) is 10.5. The summed E-state index contributed by atoms with van der Waals surface area (Å²) in [5, 5.41) is 0.772. The summed E-state index contributed by atoms with van der Waals surface area (Å²) in [6.07, 6.45) is 0.559. The molecular weight excluding hydrogens is 269 g/mol. The smallest absolute Gasteiger partial charge is 0.195 e. The number of carbonyl (C=O) groups excluding carboxylic acids is 2. The average Bonchev–Trinajstić information content (AvgIpc) is 2.53. The maximum atomic E-state index is 12.9. The van der Waals surface area contributed by atoms with Gasteiger partial charge in [0.15, 0.2) is 12.1 Å². The Morgan fingerprint density at radius 1 is 1.05 bits per heavy atom. The summed E-state index contributed by atoms with van der Waals surface area (Å²) in [6, 6.07) is 14.1. The molecule has 102 valence electrons. The number of carbonyl (C=O) groups is 2. The monoisotopic (exact) mass is 279 g/mol. The number of ketones is 1. The molecule has 1 heterocycles. The number of fused-ring (bicyclic) bond motifs is 1. The summed E-state index contributed by atoms with van der Waals surface area (Å²) < 4.78 is 12.9. The highest BCUT2D eigenvalue weighted by Gasteiger charge is 2.15. The summed E-state index contributed by atoms with van der Waals surface area (Å²) >= 11 is 0. The lowest BCUT2D eigenvalue weighted by atomic mass is 10.0. The lowest BCUT2D eigenvalue weighted by Gasteiger charge is -2.06. The largest absolute Gasteiger partial charge is 0.296 e. The van der Waals surface area contributed by atoms with E-state index in [2.05, 4.69) is 4.98 Å². The third kappa shape index (κ3) is 2.43. The number of para-hydroxylation sites is 1. The van der Waals surface area contributed by atoms with E-state index in [1.54, 1.807) is 12.1 Å². The van der Waals surface area contributed by atoms with Crippen LogP contribution in [0.25, 0.3) is 10.9 Å². The van der Waals surface area contributed by atoms with Gasteiger partial charge in [-0.05, 0) is 36.4 Å². The van der Waals surface area contributed by atoms with Crippen LogP contribution in [-0.2, 0) is 0 Å². The van der Waals surface area contributed by atoms with Gasteiger partial charge in [-0.1, -0.05) is 18.2 Å². The SMILES string of the molecule is O=Cc1nc2ccccc2cc1C(=O)c1ccc(F)cc1. The predicted molar refractivity (Wildman–Crippen MR) is 77.0 cm³/mol. The molecule has 0 N–H and O–H groups in total. The molecule has 0 radical (unpaired) electrons. The minimum Gasteiger partial charge on any atom is -0.296 e. The lowest BCUT2D eigenvalue weighted by Crippen LogP contribution is -2.07. The first-order chi connectivity index (χ1) is 10.2. The standard InChI is InChI=1S/C17H10FNO2/c18-13-7-5-11(6-8-13)17(21)14-9-12-3-1-2-4-15(12)19-16(14)10-20/h1-10H. The molecule has 0 saturated heterocycles. The van der Waals surface area contributed by atoms with Crippen molar-refractivity contribution in [1.29, 1.82) is 0 Å². The fourth-order valence-corrected chi connectivity index (χ4v) is 2.16. The second-order valence-electron chi connectivity index (χ2n) is 4.57. The molecule has 0 fully saturated rings. The molecule has 0 amide bonds. The van der Waals surface area contributed by atoms with E-state index >= 15 is 0 Å². The molecule has 0 atom stereocenters. The Morgan fingerprint density at radius 3 is 2.48 bits per heavy atom. The number of nitrogens with zero attached hydrogens (tertiary/aromatic N) is 1. The molecule has 0 spiro atoms. The first-order valence-corrected chi connectivity index (χ1v) is 6.34. The van der Waals surface area contributed by atoms with Crippen LogP contribution in [0.2, 0.25) is 0 Å². The van der Waals surface area contributed by atoms with E-state index < -0.39 is 5.82 Å². The highest BCUT2D eigenvalue weighted by Crippen LogP contribution is 2.19. The molecule has 1 aromatic heterocycles. The van der Waals surface area contributed by atoms with Gasteiger partial charge in [-0.15, -0.1) is 0 Å². The van der Waals surface area contributed by atoms with E-state index in [0.29, 0.717) is 17.4 Å². The number of hydrogen-bond donors (Lipinski definition) is 0. The van der Waals surface area contributed by atoms with Crippen molar-refractivity contribution < 1.29 is 14.0 Å². The highest BCUT2D eigenvalue weighted by atomic mass is 19.1. The number of aldehydes is 1. The molecule has 0 aliphatic carbocycles. The minimum atomic E-state index is -0.418. The Labute approximate surface area is 120 Å². The van der Waals surface area contributed by atoms with Crippen molar-refractivity contribution >= 4 is 23.0 Å². The zero-order valence-electron chi connectivity index (χ0n) is 10.9. The molecule has 3 nitrogen and oxygen atoms in total. The highest BCUT2D eigenvalue weighted by molar-refractivity contribution is 6.13. The molecule has 3 rings (SSSR count). The van der Waals surface area contributed by atoms with Crippen LogP contribution >= 0.6 is 0 Å². The zero-order valence-corrected chi connectivity index (χ0v) is 10.9. The minimum absolute atomic E-state index is 0.0861. The van der Waals surface area contributed by atoms with E-state index in [9.17, 15) is 14.0 Å². The molecule has 21 heavy (non-hydrogen) atoms. The lowest BCUT2D eigenvalue weighted by molar-refractivity contribution is 0.102. The van der Waals surface area contributed by atoms with E-state index in [0.717, 1.165) is 5.39 Å². The Hall–Kier alpha value is -2.88. The Bertz CT molecular complexity index is 841. The summed E-state index contributed by atoms with van der Waals surface area (Å²) in [5.41, 5.74) is 1.27. The van der Waals surface area contributed by atoms with E-state index in [-0.39, 0.29) is 17.0 Å². The van der Waals surface area contributed by atoms with Crippen LogP contribution in [0.4, 0.5) is 4.39 Å². The Kier molecular flexibility index (Phi) is 3.28. The molecule has 2 aromatic carbocycles. The fourth-order valence-electron chi connectivity index (χ4n) is 2.16. The van der Waals surface area contributed by atoms with Crippen molar-refractivity contribution in [3.8, 4) is 0 Å². The van der Waals surface area contributed by atoms with Gasteiger partial charge >= 0.3 is 0 Å². The van der Waals surface area contributed by atoms with Gasteiger partial charge in [-0.3, -0.25) is 9.59 Å². The van der Waals surface area contributed by atoms with Crippen LogP contribution in [0, 0.1) is 5.82 Å². The third-order valence-electron chi connectivity index (χ3n) is 3.22. The number of pyridine rings is 1. The summed E-state index contributed by atoms with van der Waals surface area (Å²) in [4.78, 5) is 27.8. The van der Waals surface area contributed by atoms with Gasteiger partial charge in [-0.25, -0.2) is 9.37 Å². The molecule has 0 aliphatic heterocycles. The fraction of sp³-hybridized carbons (Fsp3) is 0. The van der Waals surface area contributed by atoms with Crippen molar-refractivity contribution in [3.05, 3.63) is 77.2 Å². The summed E-state index contributed by atoms with van der Waals surface area (Å²) in [7, 11) is 0. The Morgan fingerprint density at radius 2 is 1.76 bits per heavy atom. The van der Waals surface area contributed by atoms with E-state index in [1.807, 2.05) is 18.2 Å². The zero-order chi connectivity index (χ0) is 14.8. The number of aromatic nitrogens is 1. The maximum absolute atomic E-state index is 12.9. The molecule has 0 aliphatic rings. The van der Waals surface area contributed by atoms with Gasteiger partial charge in [0.2, 0.25) is 0 Å². The van der Waals surface area contributed by atoms with Crippen molar-refractivity contribution in [3.63, 3.8) is 0 Å². The first kappa shape index (κ1) is 13.1. The Balaban J connectivity index is 2.16. The average molecular weight is 279 g/mol. The van der Waals surface area contributed by atoms with Crippen molar-refractivity contribution in [2.45, 2.75) is 0 Å². The predicted octanol–water partition coefficient (Wildman–Crippen LogP) is 3.42. The molecule has 4 heteroatoms. The van der Waals surface area contributed by atoms with Crippen LogP contribution in [0.5, 0.6) is 0 Å². The van der Waals surface area contributed by atoms with E-state index in [1.165, 1.54) is 24.3 Å². The second-order valence-corrected chi connectivity index (χ2v) is 4.57. The molecule has 0 unspecified atom stereocenters. The summed E-state index contributed by atoms with van der Waals surface area (Å²) in [5.74, 6) is -0.769. The van der Waals surface area contributed by atoms with Crippen molar-refractivity contribution in [2.75, 3.05) is 0 Å². The maximum Gasteiger partial charge on any atom is 0.195 e. The van der Waals surface area contributed by atoms with Gasteiger partial charge < -0.3 is 0 Å². The molecule has 3 aromatic rings. The van der Waals surface area contributed by atoms with Crippen LogP contribution in [0.15, 0.2) is 54.6 Å². The molecular formula is C17H10FNO2. The van der Waals surface area contributed by atoms with Gasteiger partial charge in [0.1, 0.15) is 11.5 Å². The van der Waals surface area contributed by atoms with Gasteiger partial charge in [0, 0.05) is 10.9 Å². The van der Waals surface area contributed by atoms with Gasteiger partial charge in [-0.2, -0.15) is 0 Å². The second kappa shape index (κ2) is 5.25. The van der Waals surface area contributed by atoms with Gasteiger partial charge in [0.25, 0.3) is 0 Å². The van der Waals surface area contributed by atoms with Gasteiger partial charge in [0.05, 0.1) is 11.1 Å². The van der Waals surface area contributed by atoms with Crippen LogP contribution in [0.1, 0.15) is 26.4 Å². The number of rotatable bonds is 3. The summed E-state index contributed by atoms with van der Waals surface area (Å²) in [6.45, 7) is 0.